The summed E-state index contributed by atoms with van der Waals surface area (Å²) in [4.78, 5) is 14.3. The fourth-order valence-electron chi connectivity index (χ4n) is 2.21. The van der Waals surface area contributed by atoms with Gasteiger partial charge in [-0.25, -0.2) is 4.98 Å². The van der Waals surface area contributed by atoms with Gasteiger partial charge in [-0.15, -0.1) is 0 Å². The van der Waals surface area contributed by atoms with Crippen molar-refractivity contribution in [2.75, 3.05) is 18.4 Å². The molecule has 0 saturated carbocycles. The first-order chi connectivity index (χ1) is 8.66. The van der Waals surface area contributed by atoms with Crippen LogP contribution in [0.25, 0.3) is 0 Å². The molecule has 1 fully saturated rings. The van der Waals surface area contributed by atoms with Gasteiger partial charge in [-0.3, -0.25) is 10.1 Å². The Kier molecular flexibility index (Phi) is 4.09. The standard InChI is InChI=1S/C12H18N4O2/c1-9-7-12(15-8-11(9)16(17)18)14-6-4-10-3-2-5-13-10/h7-8,10,13H,2-6H2,1H3,(H,14,15)/t10-/m1/s1. The fraction of sp³-hybridized carbons (Fsp3) is 0.583. The van der Waals surface area contributed by atoms with Crippen molar-refractivity contribution in [2.45, 2.75) is 32.2 Å². The topological polar surface area (TPSA) is 80.1 Å². The minimum atomic E-state index is -0.408. The molecule has 0 spiro atoms. The minimum Gasteiger partial charge on any atom is -0.370 e. The summed E-state index contributed by atoms with van der Waals surface area (Å²) in [5.41, 5.74) is 0.703. The average molecular weight is 250 g/mol. The van der Waals surface area contributed by atoms with Crippen LogP contribution in [0.1, 0.15) is 24.8 Å². The number of pyridine rings is 1. The van der Waals surface area contributed by atoms with Gasteiger partial charge in [0.2, 0.25) is 0 Å². The zero-order valence-electron chi connectivity index (χ0n) is 10.5. The molecule has 1 aliphatic heterocycles. The summed E-state index contributed by atoms with van der Waals surface area (Å²) >= 11 is 0. The van der Waals surface area contributed by atoms with Crippen LogP contribution in [-0.2, 0) is 0 Å². The smallest absolute Gasteiger partial charge is 0.290 e. The molecule has 6 heteroatoms. The van der Waals surface area contributed by atoms with Crippen molar-refractivity contribution in [2.24, 2.45) is 0 Å². The summed E-state index contributed by atoms with van der Waals surface area (Å²) in [7, 11) is 0. The summed E-state index contributed by atoms with van der Waals surface area (Å²) in [6.45, 7) is 3.67. The minimum absolute atomic E-state index is 0.0676. The van der Waals surface area contributed by atoms with E-state index in [-0.39, 0.29) is 5.69 Å². The van der Waals surface area contributed by atoms with Crippen LogP contribution in [-0.4, -0.2) is 29.0 Å². The molecule has 1 aromatic rings. The van der Waals surface area contributed by atoms with E-state index in [1.807, 2.05) is 0 Å². The van der Waals surface area contributed by atoms with Crippen molar-refractivity contribution in [3.63, 3.8) is 0 Å². The van der Waals surface area contributed by atoms with E-state index >= 15 is 0 Å². The number of aromatic nitrogens is 1. The fourth-order valence-corrected chi connectivity index (χ4v) is 2.21. The number of nitro groups is 1. The zero-order chi connectivity index (χ0) is 13.0. The molecule has 0 aliphatic carbocycles. The molecule has 1 saturated heterocycles. The second-order valence-electron chi connectivity index (χ2n) is 4.62. The Morgan fingerprint density at radius 3 is 3.11 bits per heavy atom. The maximum absolute atomic E-state index is 10.7. The summed E-state index contributed by atoms with van der Waals surface area (Å²) in [6.07, 6.45) is 4.84. The summed E-state index contributed by atoms with van der Waals surface area (Å²) < 4.78 is 0. The molecular weight excluding hydrogens is 232 g/mol. The number of hydrogen-bond acceptors (Lipinski definition) is 5. The van der Waals surface area contributed by atoms with E-state index < -0.39 is 4.92 Å². The maximum Gasteiger partial charge on any atom is 0.290 e. The van der Waals surface area contributed by atoms with Crippen LogP contribution in [0.5, 0.6) is 0 Å². The van der Waals surface area contributed by atoms with Gasteiger partial charge in [0, 0.05) is 18.2 Å². The Balaban J connectivity index is 1.85. The molecule has 1 atom stereocenters. The SMILES string of the molecule is Cc1cc(NCC[C@H]2CCCN2)ncc1[N+](=O)[O-]. The van der Waals surface area contributed by atoms with E-state index in [0.29, 0.717) is 17.4 Å². The van der Waals surface area contributed by atoms with Gasteiger partial charge in [-0.1, -0.05) is 0 Å². The van der Waals surface area contributed by atoms with Crippen LogP contribution >= 0.6 is 0 Å². The Hall–Kier alpha value is -1.69. The van der Waals surface area contributed by atoms with Crippen molar-refractivity contribution in [3.8, 4) is 0 Å². The summed E-state index contributed by atoms with van der Waals surface area (Å²) in [5, 5.41) is 17.3. The van der Waals surface area contributed by atoms with Crippen LogP contribution in [0.2, 0.25) is 0 Å². The normalized spacial score (nSPS) is 18.8. The molecule has 0 radical (unpaired) electrons. The third kappa shape index (κ3) is 3.16. The monoisotopic (exact) mass is 250 g/mol. The van der Waals surface area contributed by atoms with Gasteiger partial charge < -0.3 is 10.6 Å². The van der Waals surface area contributed by atoms with Crippen molar-refractivity contribution < 1.29 is 4.92 Å². The Labute approximate surface area is 106 Å². The van der Waals surface area contributed by atoms with Crippen molar-refractivity contribution in [3.05, 3.63) is 27.9 Å². The molecule has 2 N–H and O–H groups in total. The van der Waals surface area contributed by atoms with Crippen LogP contribution in [0.3, 0.4) is 0 Å². The van der Waals surface area contributed by atoms with Gasteiger partial charge in [-0.2, -0.15) is 0 Å². The number of rotatable bonds is 5. The molecule has 0 aromatic carbocycles. The number of nitrogens with one attached hydrogen (secondary N) is 2. The van der Waals surface area contributed by atoms with E-state index in [9.17, 15) is 10.1 Å². The second kappa shape index (κ2) is 5.77. The molecule has 6 nitrogen and oxygen atoms in total. The first-order valence-corrected chi connectivity index (χ1v) is 6.25. The molecule has 0 unspecified atom stereocenters. The number of hydrogen-bond donors (Lipinski definition) is 2. The second-order valence-corrected chi connectivity index (χ2v) is 4.62. The van der Waals surface area contributed by atoms with Gasteiger partial charge in [0.1, 0.15) is 12.0 Å². The highest BCUT2D eigenvalue weighted by molar-refractivity contribution is 5.46. The van der Waals surface area contributed by atoms with Crippen molar-refractivity contribution in [1.29, 1.82) is 0 Å². The van der Waals surface area contributed by atoms with E-state index in [2.05, 4.69) is 15.6 Å². The summed E-state index contributed by atoms with van der Waals surface area (Å²) in [5.74, 6) is 0.705. The van der Waals surface area contributed by atoms with Crippen LogP contribution in [0.4, 0.5) is 11.5 Å². The average Bonchev–Trinajstić information content (AvgIpc) is 2.81. The van der Waals surface area contributed by atoms with Crippen LogP contribution < -0.4 is 10.6 Å². The molecule has 0 amide bonds. The van der Waals surface area contributed by atoms with Gasteiger partial charge in [0.15, 0.2) is 0 Å². The van der Waals surface area contributed by atoms with E-state index in [4.69, 9.17) is 0 Å². The lowest BCUT2D eigenvalue weighted by Crippen LogP contribution is -2.24. The molecule has 0 bridgehead atoms. The predicted octanol–water partition coefficient (Wildman–Crippen LogP) is 1.85. The van der Waals surface area contributed by atoms with E-state index in [1.54, 1.807) is 13.0 Å². The van der Waals surface area contributed by atoms with Gasteiger partial charge >= 0.3 is 0 Å². The lowest BCUT2D eigenvalue weighted by atomic mass is 10.1. The molecule has 2 rings (SSSR count). The van der Waals surface area contributed by atoms with Crippen molar-refractivity contribution in [1.82, 2.24) is 10.3 Å². The lowest BCUT2D eigenvalue weighted by Gasteiger charge is -2.11. The molecule has 1 aromatic heterocycles. The number of anilines is 1. The third-order valence-electron chi connectivity index (χ3n) is 3.24. The highest BCUT2D eigenvalue weighted by Crippen LogP contribution is 2.19. The van der Waals surface area contributed by atoms with Crippen LogP contribution in [0.15, 0.2) is 12.3 Å². The lowest BCUT2D eigenvalue weighted by molar-refractivity contribution is -0.385. The summed E-state index contributed by atoms with van der Waals surface area (Å²) in [6, 6.07) is 2.32. The zero-order valence-corrected chi connectivity index (χ0v) is 10.5. The van der Waals surface area contributed by atoms with Gasteiger partial charge in [0.05, 0.1) is 4.92 Å². The molecular formula is C12H18N4O2. The first kappa shape index (κ1) is 12.8. The van der Waals surface area contributed by atoms with E-state index in [0.717, 1.165) is 19.5 Å². The Morgan fingerprint density at radius 2 is 2.50 bits per heavy atom. The largest absolute Gasteiger partial charge is 0.370 e. The van der Waals surface area contributed by atoms with Crippen LogP contribution in [0, 0.1) is 17.0 Å². The Bertz CT molecular complexity index is 430. The van der Waals surface area contributed by atoms with Gasteiger partial charge in [0.25, 0.3) is 5.69 Å². The predicted molar refractivity (Wildman–Crippen MR) is 69.8 cm³/mol. The third-order valence-corrected chi connectivity index (χ3v) is 3.24. The first-order valence-electron chi connectivity index (χ1n) is 6.25. The quantitative estimate of drug-likeness (QED) is 0.615. The highest BCUT2D eigenvalue weighted by atomic mass is 16.6. The maximum atomic E-state index is 10.7. The highest BCUT2D eigenvalue weighted by Gasteiger charge is 2.14. The molecule has 98 valence electrons. The number of aryl methyl sites for hydroxylation is 1. The van der Waals surface area contributed by atoms with E-state index in [1.165, 1.54) is 19.0 Å². The number of nitrogens with zero attached hydrogens (tertiary/aromatic N) is 2. The molecule has 1 aliphatic rings. The Morgan fingerprint density at radius 1 is 1.67 bits per heavy atom. The molecule has 18 heavy (non-hydrogen) atoms. The van der Waals surface area contributed by atoms with Gasteiger partial charge in [-0.05, 0) is 38.8 Å². The molecule has 2 heterocycles. The van der Waals surface area contributed by atoms with Crippen molar-refractivity contribution >= 4 is 11.5 Å².